The molecule has 0 saturated carbocycles. The molecule has 3 nitrogen and oxygen atoms in total. The number of aromatic nitrogens is 2. The minimum atomic E-state index is 0.477. The monoisotopic (exact) mass is 403 g/mol. The molecule has 1 aromatic carbocycles. The fraction of sp³-hybridized carbons (Fsp3) is 0.533. The molecule has 2 aromatic rings. The molecule has 20 heavy (non-hydrogen) atoms. The maximum absolute atomic E-state index is 6.14. The molecule has 5 heteroatoms. The number of hydrogen-bond donors (Lipinski definition) is 0. The molecule has 1 fully saturated rings. The summed E-state index contributed by atoms with van der Waals surface area (Å²) in [6.07, 6.45) is 1.17. The first kappa shape index (κ1) is 14.6. The molecular weight excluding hydrogens is 385 g/mol. The highest BCUT2D eigenvalue weighted by Crippen LogP contribution is 2.33. The third-order valence-corrected chi connectivity index (χ3v) is 5.15. The van der Waals surface area contributed by atoms with Gasteiger partial charge in [-0.15, -0.1) is 11.6 Å². The second-order valence-corrected chi connectivity index (χ2v) is 7.27. The first-order valence-electron chi connectivity index (χ1n) is 7.01. The standard InChI is InChI=1S/C15H19ClIN3/c1-10-9-19(2)6-5-13(10)20-14-4-3-11(17)7-12(14)18-15(20)8-16/h3-4,7,10,13H,5-6,8-9H2,1-2H3. The Balaban J connectivity index is 2.09. The molecule has 0 radical (unpaired) electrons. The van der Waals surface area contributed by atoms with Crippen LogP contribution in [-0.2, 0) is 5.88 Å². The first-order chi connectivity index (χ1) is 9.60. The Morgan fingerprint density at radius 3 is 2.95 bits per heavy atom. The summed E-state index contributed by atoms with van der Waals surface area (Å²) in [7, 11) is 2.20. The van der Waals surface area contributed by atoms with E-state index in [0.29, 0.717) is 17.8 Å². The smallest absolute Gasteiger partial charge is 0.125 e. The Morgan fingerprint density at radius 1 is 1.45 bits per heavy atom. The zero-order chi connectivity index (χ0) is 14.3. The lowest BCUT2D eigenvalue weighted by atomic mass is 9.93. The van der Waals surface area contributed by atoms with Crippen LogP contribution in [0.25, 0.3) is 11.0 Å². The van der Waals surface area contributed by atoms with Crippen molar-refractivity contribution in [2.75, 3.05) is 20.1 Å². The van der Waals surface area contributed by atoms with Gasteiger partial charge in [-0.3, -0.25) is 0 Å². The summed E-state index contributed by atoms with van der Waals surface area (Å²) in [5.74, 6) is 2.10. The lowest BCUT2D eigenvalue weighted by Crippen LogP contribution is -2.38. The summed E-state index contributed by atoms with van der Waals surface area (Å²) in [4.78, 5) is 7.14. The minimum Gasteiger partial charge on any atom is -0.323 e. The molecule has 0 N–H and O–H groups in total. The fourth-order valence-corrected chi connectivity index (χ4v) is 3.97. The maximum atomic E-state index is 6.14. The van der Waals surface area contributed by atoms with E-state index in [1.165, 1.54) is 15.5 Å². The van der Waals surface area contributed by atoms with E-state index in [2.05, 4.69) is 64.2 Å². The molecule has 0 bridgehead atoms. The van der Waals surface area contributed by atoms with Crippen molar-refractivity contribution in [3.63, 3.8) is 0 Å². The van der Waals surface area contributed by atoms with Crippen LogP contribution in [0.3, 0.4) is 0 Å². The molecule has 2 atom stereocenters. The van der Waals surface area contributed by atoms with Crippen LogP contribution in [0, 0.1) is 9.49 Å². The minimum absolute atomic E-state index is 0.477. The topological polar surface area (TPSA) is 21.1 Å². The number of rotatable bonds is 2. The average molecular weight is 404 g/mol. The summed E-state index contributed by atoms with van der Waals surface area (Å²) in [6.45, 7) is 4.61. The van der Waals surface area contributed by atoms with Crippen molar-refractivity contribution in [3.05, 3.63) is 27.6 Å². The van der Waals surface area contributed by atoms with Crippen LogP contribution >= 0.6 is 34.2 Å². The van der Waals surface area contributed by atoms with Gasteiger partial charge in [-0.2, -0.15) is 0 Å². The molecule has 2 heterocycles. The van der Waals surface area contributed by atoms with E-state index in [-0.39, 0.29) is 0 Å². The van der Waals surface area contributed by atoms with Crippen LogP contribution in [-0.4, -0.2) is 34.6 Å². The third kappa shape index (κ3) is 2.57. The lowest BCUT2D eigenvalue weighted by Gasteiger charge is -2.36. The van der Waals surface area contributed by atoms with Crippen molar-refractivity contribution in [1.82, 2.24) is 14.5 Å². The van der Waals surface area contributed by atoms with Crippen LogP contribution in [0.4, 0.5) is 0 Å². The number of fused-ring (bicyclic) bond motifs is 1. The second-order valence-electron chi connectivity index (χ2n) is 5.76. The Morgan fingerprint density at radius 2 is 2.25 bits per heavy atom. The number of piperidine rings is 1. The summed E-state index contributed by atoms with van der Waals surface area (Å²) >= 11 is 8.48. The Bertz CT molecular complexity index is 625. The van der Waals surface area contributed by atoms with Gasteiger partial charge in [0.2, 0.25) is 0 Å². The van der Waals surface area contributed by atoms with Gasteiger partial charge in [0.25, 0.3) is 0 Å². The van der Waals surface area contributed by atoms with Gasteiger partial charge in [-0.25, -0.2) is 4.98 Å². The molecule has 1 saturated heterocycles. The van der Waals surface area contributed by atoms with E-state index in [0.717, 1.165) is 24.4 Å². The number of nitrogens with zero attached hydrogens (tertiary/aromatic N) is 3. The van der Waals surface area contributed by atoms with E-state index in [1.807, 2.05) is 0 Å². The molecule has 1 aromatic heterocycles. The van der Waals surface area contributed by atoms with Crippen molar-refractivity contribution in [2.45, 2.75) is 25.3 Å². The maximum Gasteiger partial charge on any atom is 0.125 e. The predicted molar refractivity (Wildman–Crippen MR) is 92.3 cm³/mol. The lowest BCUT2D eigenvalue weighted by molar-refractivity contribution is 0.160. The molecule has 0 amide bonds. The molecule has 0 spiro atoms. The van der Waals surface area contributed by atoms with Crippen LogP contribution in [0.5, 0.6) is 0 Å². The number of hydrogen-bond acceptors (Lipinski definition) is 2. The fourth-order valence-electron chi connectivity index (χ4n) is 3.31. The van der Waals surface area contributed by atoms with Crippen molar-refractivity contribution in [2.24, 2.45) is 5.92 Å². The Hall–Kier alpha value is -0.330. The van der Waals surface area contributed by atoms with Crippen LogP contribution in [0.1, 0.15) is 25.2 Å². The van der Waals surface area contributed by atoms with Crippen LogP contribution in [0.15, 0.2) is 18.2 Å². The van der Waals surface area contributed by atoms with Gasteiger partial charge in [-0.1, -0.05) is 6.92 Å². The summed E-state index contributed by atoms with van der Waals surface area (Å²) in [5, 5.41) is 0. The highest BCUT2D eigenvalue weighted by atomic mass is 127. The van der Waals surface area contributed by atoms with E-state index in [4.69, 9.17) is 16.6 Å². The molecular formula is C15H19ClIN3. The van der Waals surface area contributed by atoms with E-state index >= 15 is 0 Å². The van der Waals surface area contributed by atoms with Gasteiger partial charge in [0, 0.05) is 16.2 Å². The van der Waals surface area contributed by atoms with Crippen molar-refractivity contribution >= 4 is 45.2 Å². The normalized spacial score (nSPS) is 24.4. The van der Waals surface area contributed by atoms with E-state index in [9.17, 15) is 0 Å². The molecule has 1 aliphatic rings. The first-order valence-corrected chi connectivity index (χ1v) is 8.62. The van der Waals surface area contributed by atoms with Crippen molar-refractivity contribution in [1.29, 1.82) is 0 Å². The van der Waals surface area contributed by atoms with Crippen molar-refractivity contribution < 1.29 is 0 Å². The summed E-state index contributed by atoms with van der Waals surface area (Å²) in [6, 6.07) is 6.98. The van der Waals surface area contributed by atoms with Gasteiger partial charge in [0.15, 0.2) is 0 Å². The summed E-state index contributed by atoms with van der Waals surface area (Å²) < 4.78 is 3.60. The van der Waals surface area contributed by atoms with Gasteiger partial charge in [-0.05, 0) is 66.7 Å². The van der Waals surface area contributed by atoms with Gasteiger partial charge in [0.1, 0.15) is 5.82 Å². The van der Waals surface area contributed by atoms with Crippen LogP contribution in [0.2, 0.25) is 0 Å². The SMILES string of the molecule is CC1CN(C)CCC1n1c(CCl)nc2cc(I)ccc21. The Labute approximate surface area is 138 Å². The van der Waals surface area contributed by atoms with E-state index < -0.39 is 0 Å². The predicted octanol–water partition coefficient (Wildman–Crippen LogP) is 3.89. The zero-order valence-corrected chi connectivity index (χ0v) is 14.7. The molecule has 3 rings (SSSR count). The number of imidazole rings is 1. The third-order valence-electron chi connectivity index (χ3n) is 4.24. The van der Waals surface area contributed by atoms with Crippen LogP contribution < -0.4 is 0 Å². The quantitative estimate of drug-likeness (QED) is 0.560. The zero-order valence-electron chi connectivity index (χ0n) is 11.8. The molecule has 2 unspecified atom stereocenters. The highest BCUT2D eigenvalue weighted by Gasteiger charge is 2.28. The molecule has 108 valence electrons. The number of alkyl halides is 1. The summed E-state index contributed by atoms with van der Waals surface area (Å²) in [5.41, 5.74) is 2.29. The molecule has 0 aliphatic carbocycles. The Kier molecular flexibility index (Phi) is 4.24. The largest absolute Gasteiger partial charge is 0.323 e. The number of halogens is 2. The number of benzene rings is 1. The van der Waals surface area contributed by atoms with Gasteiger partial charge in [0.05, 0.1) is 16.9 Å². The highest BCUT2D eigenvalue weighted by molar-refractivity contribution is 14.1. The average Bonchev–Trinajstić information content (AvgIpc) is 2.76. The van der Waals surface area contributed by atoms with Gasteiger partial charge < -0.3 is 9.47 Å². The number of likely N-dealkylation sites (tertiary alicyclic amines) is 1. The van der Waals surface area contributed by atoms with Crippen molar-refractivity contribution in [3.8, 4) is 0 Å². The molecule has 1 aliphatic heterocycles. The second kappa shape index (κ2) is 5.81. The van der Waals surface area contributed by atoms with E-state index in [1.54, 1.807) is 0 Å². The van der Waals surface area contributed by atoms with Gasteiger partial charge >= 0.3 is 0 Å².